The summed E-state index contributed by atoms with van der Waals surface area (Å²) in [7, 11) is 0. The molecule has 1 amide bonds. The van der Waals surface area contributed by atoms with Crippen LogP contribution in [0.1, 0.15) is 48.0 Å². The lowest BCUT2D eigenvalue weighted by atomic mass is 9.86. The third kappa shape index (κ3) is 5.21. The molecule has 6 nitrogen and oxygen atoms in total. The highest BCUT2D eigenvalue weighted by Gasteiger charge is 2.43. The average molecular weight is 508 g/mol. The van der Waals surface area contributed by atoms with E-state index < -0.39 is 0 Å². The van der Waals surface area contributed by atoms with Crippen molar-refractivity contribution in [1.82, 2.24) is 4.90 Å². The second kappa shape index (κ2) is 10.6. The number of carbonyl (C=O) groups is 1. The van der Waals surface area contributed by atoms with Crippen molar-refractivity contribution >= 4 is 17.3 Å². The van der Waals surface area contributed by atoms with E-state index in [1.54, 1.807) is 0 Å². The molecule has 2 aromatic rings. The van der Waals surface area contributed by atoms with Gasteiger partial charge in [0.1, 0.15) is 12.4 Å². The minimum Gasteiger partial charge on any atom is -0.491 e. The van der Waals surface area contributed by atoms with Gasteiger partial charge in [-0.25, -0.2) is 0 Å². The molecule has 0 unspecified atom stereocenters. The first kappa shape index (κ1) is 24.7. The summed E-state index contributed by atoms with van der Waals surface area (Å²) < 4.78 is 24.2. The Kier molecular flexibility index (Phi) is 7.08. The van der Waals surface area contributed by atoms with Gasteiger partial charge >= 0.3 is 0 Å². The van der Waals surface area contributed by atoms with Crippen molar-refractivity contribution in [2.75, 3.05) is 69.0 Å². The summed E-state index contributed by atoms with van der Waals surface area (Å²) in [5, 5.41) is 0. The van der Waals surface area contributed by atoms with Crippen molar-refractivity contribution in [3.63, 3.8) is 0 Å². The normalized spacial score (nSPS) is 25.9. The Morgan fingerprint density at radius 1 is 1.03 bits per heavy atom. The number of fused-ring (bicyclic) bond motifs is 1. The van der Waals surface area contributed by atoms with Gasteiger partial charge in [0.15, 0.2) is 0 Å². The molecule has 198 valence electrons. The van der Waals surface area contributed by atoms with Gasteiger partial charge < -0.3 is 24.2 Å². The van der Waals surface area contributed by atoms with Gasteiger partial charge in [0, 0.05) is 61.7 Å². The number of hydrogen-bond acceptors (Lipinski definition) is 5. The number of likely N-dealkylation sites (tertiary alicyclic amines) is 1. The lowest BCUT2D eigenvalue weighted by molar-refractivity contribution is 0.0679. The number of carbonyl (C=O) groups excluding carboxylic acids is 1. The van der Waals surface area contributed by atoms with Crippen molar-refractivity contribution in [3.05, 3.63) is 53.6 Å². The van der Waals surface area contributed by atoms with E-state index in [0.29, 0.717) is 25.0 Å². The Balaban J connectivity index is 1.07. The van der Waals surface area contributed by atoms with Crippen LogP contribution in [-0.2, 0) is 11.2 Å². The zero-order valence-corrected chi connectivity index (χ0v) is 21.7. The van der Waals surface area contributed by atoms with Crippen LogP contribution in [0.2, 0.25) is 0 Å². The number of nitrogens with zero attached hydrogens (tertiary/aromatic N) is 3. The number of alkyl halides is 1. The second-order valence-corrected chi connectivity index (χ2v) is 11.2. The van der Waals surface area contributed by atoms with E-state index in [9.17, 15) is 9.18 Å². The molecule has 0 aliphatic carbocycles. The molecule has 0 N–H and O–H groups in total. The minimum absolute atomic E-state index is 0.0547. The van der Waals surface area contributed by atoms with Crippen molar-refractivity contribution in [2.45, 2.75) is 44.6 Å². The highest BCUT2D eigenvalue weighted by atomic mass is 19.1. The SMILES string of the molecule is O=C1c2ccc(OC[C@@H]3CCCO3)cc2CCN1c1ccc(N2CC[C@]3(CCN(CCCF)C3)C2)cc1. The zero-order chi connectivity index (χ0) is 25.2. The third-order valence-corrected chi connectivity index (χ3v) is 8.71. The molecular formula is C30H38FN3O3. The highest BCUT2D eigenvalue weighted by Crippen LogP contribution is 2.41. The van der Waals surface area contributed by atoms with Gasteiger partial charge in [-0.05, 0) is 93.1 Å². The van der Waals surface area contributed by atoms with E-state index in [0.717, 1.165) is 81.2 Å². The fraction of sp³-hybridized carbons (Fsp3) is 0.567. The van der Waals surface area contributed by atoms with E-state index in [1.165, 1.54) is 18.5 Å². The Morgan fingerprint density at radius 2 is 1.86 bits per heavy atom. The van der Waals surface area contributed by atoms with Crippen LogP contribution < -0.4 is 14.5 Å². The molecule has 4 heterocycles. The molecule has 2 aromatic carbocycles. The number of amides is 1. The van der Waals surface area contributed by atoms with E-state index in [1.807, 2.05) is 23.1 Å². The molecule has 4 aliphatic rings. The van der Waals surface area contributed by atoms with Crippen LogP contribution in [0, 0.1) is 5.41 Å². The van der Waals surface area contributed by atoms with E-state index in [4.69, 9.17) is 9.47 Å². The van der Waals surface area contributed by atoms with Crippen LogP contribution in [0.15, 0.2) is 42.5 Å². The zero-order valence-electron chi connectivity index (χ0n) is 21.7. The second-order valence-electron chi connectivity index (χ2n) is 11.2. The molecule has 4 aliphatic heterocycles. The topological polar surface area (TPSA) is 45.3 Å². The number of ether oxygens (including phenoxy) is 2. The van der Waals surface area contributed by atoms with Crippen molar-refractivity contribution in [1.29, 1.82) is 0 Å². The van der Waals surface area contributed by atoms with Gasteiger partial charge in [0.05, 0.1) is 12.8 Å². The first-order valence-corrected chi connectivity index (χ1v) is 14.0. The summed E-state index contributed by atoms with van der Waals surface area (Å²) in [4.78, 5) is 20.1. The van der Waals surface area contributed by atoms with Crippen LogP contribution in [0.5, 0.6) is 5.75 Å². The molecule has 3 saturated heterocycles. The molecule has 0 radical (unpaired) electrons. The summed E-state index contributed by atoms with van der Waals surface area (Å²) in [5.74, 6) is 0.871. The Bertz CT molecular complexity index is 1100. The largest absolute Gasteiger partial charge is 0.491 e. The molecule has 6 rings (SSSR count). The van der Waals surface area contributed by atoms with Crippen molar-refractivity contribution in [3.8, 4) is 5.75 Å². The van der Waals surface area contributed by atoms with Crippen LogP contribution in [0.3, 0.4) is 0 Å². The molecule has 0 saturated carbocycles. The third-order valence-electron chi connectivity index (χ3n) is 8.71. The maximum Gasteiger partial charge on any atom is 0.258 e. The molecule has 1 spiro atoms. The number of halogens is 1. The maximum atomic E-state index is 13.3. The fourth-order valence-electron chi connectivity index (χ4n) is 6.60. The van der Waals surface area contributed by atoms with Crippen LogP contribution >= 0.6 is 0 Å². The first-order chi connectivity index (χ1) is 18.1. The molecule has 0 aromatic heterocycles. The Morgan fingerprint density at radius 3 is 2.68 bits per heavy atom. The van der Waals surface area contributed by atoms with Crippen LogP contribution in [-0.4, -0.2) is 76.1 Å². The highest BCUT2D eigenvalue weighted by molar-refractivity contribution is 6.08. The van der Waals surface area contributed by atoms with Gasteiger partial charge in [-0.2, -0.15) is 0 Å². The van der Waals surface area contributed by atoms with Gasteiger partial charge in [-0.3, -0.25) is 9.18 Å². The number of hydrogen-bond donors (Lipinski definition) is 0. The van der Waals surface area contributed by atoms with Crippen LogP contribution in [0.4, 0.5) is 15.8 Å². The van der Waals surface area contributed by atoms with E-state index >= 15 is 0 Å². The minimum atomic E-state index is -0.223. The lowest BCUT2D eigenvalue weighted by Gasteiger charge is -2.30. The van der Waals surface area contributed by atoms with Gasteiger partial charge in [-0.15, -0.1) is 0 Å². The van der Waals surface area contributed by atoms with Crippen molar-refractivity contribution in [2.24, 2.45) is 5.41 Å². The summed E-state index contributed by atoms with van der Waals surface area (Å²) in [6.45, 7) is 7.02. The average Bonchev–Trinajstić information content (AvgIpc) is 3.69. The van der Waals surface area contributed by atoms with Gasteiger partial charge in [0.2, 0.25) is 0 Å². The maximum absolute atomic E-state index is 13.3. The monoisotopic (exact) mass is 507 g/mol. The predicted octanol–water partition coefficient (Wildman–Crippen LogP) is 4.71. The first-order valence-electron chi connectivity index (χ1n) is 14.0. The van der Waals surface area contributed by atoms with E-state index in [2.05, 4.69) is 34.1 Å². The Hall–Kier alpha value is -2.64. The molecule has 37 heavy (non-hydrogen) atoms. The standard InChI is InChI=1S/C30H38FN3O3/c31-13-2-14-32-16-11-30(21-32)12-17-33(22-30)24-4-6-25(7-5-24)34-15-10-23-19-26(8-9-28(23)29(34)35)37-20-27-3-1-18-36-27/h4-9,19,27H,1-3,10-18,20-22H2/t27-,30-/m0/s1. The smallest absolute Gasteiger partial charge is 0.258 e. The molecule has 7 heteroatoms. The van der Waals surface area contributed by atoms with Crippen LogP contribution in [0.25, 0.3) is 0 Å². The van der Waals surface area contributed by atoms with E-state index in [-0.39, 0.29) is 18.7 Å². The number of anilines is 2. The number of rotatable bonds is 8. The Labute approximate surface area is 219 Å². The fourth-order valence-corrected chi connectivity index (χ4v) is 6.60. The quantitative estimate of drug-likeness (QED) is 0.518. The van der Waals surface area contributed by atoms with Gasteiger partial charge in [0.25, 0.3) is 5.91 Å². The summed E-state index contributed by atoms with van der Waals surface area (Å²) >= 11 is 0. The molecular weight excluding hydrogens is 469 g/mol. The summed E-state index contributed by atoms with van der Waals surface area (Å²) in [6, 6.07) is 14.3. The molecule has 3 fully saturated rings. The number of benzene rings is 2. The van der Waals surface area contributed by atoms with Crippen molar-refractivity contribution < 1.29 is 18.7 Å². The predicted molar refractivity (Wildman–Crippen MR) is 144 cm³/mol. The van der Waals surface area contributed by atoms with Gasteiger partial charge in [-0.1, -0.05) is 0 Å². The summed E-state index contributed by atoms with van der Waals surface area (Å²) in [6.07, 6.45) is 6.19. The summed E-state index contributed by atoms with van der Waals surface area (Å²) in [5.41, 5.74) is 4.34. The molecule has 2 atom stereocenters. The molecule has 0 bridgehead atoms. The lowest BCUT2D eigenvalue weighted by Crippen LogP contribution is -2.37.